The van der Waals surface area contributed by atoms with Crippen molar-refractivity contribution in [1.29, 1.82) is 0 Å². The summed E-state index contributed by atoms with van der Waals surface area (Å²) in [7, 11) is 0. The van der Waals surface area contributed by atoms with Crippen LogP contribution in [0.2, 0.25) is 0 Å². The Morgan fingerprint density at radius 3 is 1.46 bits per heavy atom. The second kappa shape index (κ2) is 12.0. The van der Waals surface area contributed by atoms with Crippen molar-refractivity contribution in [2.75, 3.05) is 16.2 Å². The zero-order valence-electron chi connectivity index (χ0n) is 27.4. The van der Waals surface area contributed by atoms with Crippen molar-refractivity contribution >= 4 is 23.5 Å². The highest BCUT2D eigenvalue weighted by Gasteiger charge is 2.50. The Labute approximate surface area is 249 Å². The zero-order chi connectivity index (χ0) is 30.1. The van der Waals surface area contributed by atoms with Gasteiger partial charge in [0.15, 0.2) is 0 Å². The van der Waals surface area contributed by atoms with Gasteiger partial charge in [0.2, 0.25) is 17.8 Å². The van der Waals surface area contributed by atoms with Gasteiger partial charge in [0, 0.05) is 27.8 Å². The summed E-state index contributed by atoms with van der Waals surface area (Å²) in [5.74, 6) is 2.75. The number of benzene rings is 1. The van der Waals surface area contributed by atoms with Gasteiger partial charge in [-0.1, -0.05) is 59.7 Å². The predicted octanol–water partition coefficient (Wildman–Crippen LogP) is 8.41. The first-order valence-corrected chi connectivity index (χ1v) is 16.1. The predicted molar refractivity (Wildman–Crippen MR) is 172 cm³/mol. The van der Waals surface area contributed by atoms with Gasteiger partial charge in [-0.05, 0) is 103 Å². The monoisotopic (exact) mass is 564 g/mol. The molecule has 0 bridgehead atoms. The zero-order valence-corrected chi connectivity index (χ0v) is 27.4. The Balaban J connectivity index is 1.78. The summed E-state index contributed by atoms with van der Waals surface area (Å²) >= 11 is 0. The topological polar surface area (TPSA) is 81.2 Å². The van der Waals surface area contributed by atoms with Crippen LogP contribution in [0.15, 0.2) is 30.3 Å². The highest BCUT2D eigenvalue weighted by atomic mass is 15.6. The third-order valence-corrected chi connectivity index (χ3v) is 11.5. The number of nitrogens with one attached hydrogen (secondary N) is 3. The molecule has 0 amide bonds. The van der Waals surface area contributed by atoms with E-state index in [1.165, 1.54) is 12.8 Å². The summed E-state index contributed by atoms with van der Waals surface area (Å²) in [6.07, 6.45) is 8.87. The van der Waals surface area contributed by atoms with Gasteiger partial charge in [0.05, 0.1) is 0 Å². The van der Waals surface area contributed by atoms with Crippen molar-refractivity contribution in [3.63, 3.8) is 0 Å². The molecule has 6 unspecified atom stereocenters. The lowest BCUT2D eigenvalue weighted by Gasteiger charge is -2.58. The minimum atomic E-state index is -0.0277. The Kier molecular flexibility index (Phi) is 9.25. The van der Waals surface area contributed by atoms with Gasteiger partial charge in [-0.2, -0.15) is 15.0 Å². The average molecular weight is 565 g/mol. The summed E-state index contributed by atoms with van der Waals surface area (Å²) < 4.78 is 0. The van der Waals surface area contributed by atoms with E-state index in [2.05, 4.69) is 95.4 Å². The molecule has 41 heavy (non-hydrogen) atoms. The molecule has 0 saturated carbocycles. The summed E-state index contributed by atoms with van der Waals surface area (Å²) in [5.41, 5.74) is 8.38. The van der Waals surface area contributed by atoms with Crippen molar-refractivity contribution in [1.82, 2.24) is 25.0 Å². The van der Waals surface area contributed by atoms with Gasteiger partial charge in [-0.25, -0.2) is 10.0 Å². The maximum atomic E-state index is 5.04. The molecule has 8 nitrogen and oxygen atoms in total. The molecule has 2 aromatic rings. The lowest BCUT2D eigenvalue weighted by atomic mass is 9.71. The maximum absolute atomic E-state index is 5.04. The molecule has 1 aromatic carbocycles. The second-order valence-corrected chi connectivity index (χ2v) is 13.7. The molecular formula is C33H56N8. The van der Waals surface area contributed by atoms with E-state index in [0.29, 0.717) is 29.7 Å². The van der Waals surface area contributed by atoms with E-state index in [4.69, 9.17) is 15.0 Å². The van der Waals surface area contributed by atoms with Crippen LogP contribution in [0.1, 0.15) is 121 Å². The highest BCUT2D eigenvalue weighted by Crippen LogP contribution is 2.46. The normalized spacial score (nSPS) is 34.8. The third kappa shape index (κ3) is 5.92. The fourth-order valence-corrected chi connectivity index (χ4v) is 7.17. The first-order chi connectivity index (χ1) is 19.4. The van der Waals surface area contributed by atoms with Crippen LogP contribution in [-0.4, -0.2) is 47.1 Å². The molecule has 2 aliphatic heterocycles. The van der Waals surface area contributed by atoms with Gasteiger partial charge in [-0.15, -0.1) is 0 Å². The van der Waals surface area contributed by atoms with E-state index in [0.717, 1.165) is 44.2 Å². The van der Waals surface area contributed by atoms with Crippen molar-refractivity contribution in [3.8, 4) is 0 Å². The molecule has 2 fully saturated rings. The van der Waals surface area contributed by atoms with E-state index < -0.39 is 0 Å². The number of hydrogen-bond donors (Lipinski definition) is 3. The molecular weight excluding hydrogens is 508 g/mol. The van der Waals surface area contributed by atoms with E-state index in [9.17, 15) is 0 Å². The molecule has 3 N–H and O–H groups in total. The van der Waals surface area contributed by atoms with E-state index in [-0.39, 0.29) is 22.2 Å². The minimum Gasteiger partial charge on any atom is -0.324 e. The number of piperidine rings is 2. The number of aromatic nitrogens is 3. The Bertz CT molecular complexity index is 1090. The van der Waals surface area contributed by atoms with Gasteiger partial charge >= 0.3 is 0 Å². The van der Waals surface area contributed by atoms with Crippen LogP contribution in [0.3, 0.4) is 0 Å². The quantitative estimate of drug-likeness (QED) is 0.265. The number of hydrogen-bond acceptors (Lipinski definition) is 8. The summed E-state index contributed by atoms with van der Waals surface area (Å²) in [6.45, 7) is 23.4. The van der Waals surface area contributed by atoms with Crippen LogP contribution < -0.4 is 16.2 Å². The summed E-state index contributed by atoms with van der Waals surface area (Å²) in [5, 5.41) is 8.37. The number of para-hydroxylation sites is 1. The van der Waals surface area contributed by atoms with Crippen molar-refractivity contribution in [2.24, 2.45) is 11.8 Å². The standard InChI is InChI=1S/C33H56N8/c1-11-30(7)22-20-24(5)32(9,13-3)40(30)38-28-35-27(34-26-18-16-15-17-19-26)36-29(37-28)39-41-31(8,12-2)23-21-25(6)33(41,10)14-4/h15-19,24-25H,11-14,20-23H2,1-10H3,(H3,34,35,36,37,38,39). The molecule has 4 rings (SSSR count). The first kappa shape index (κ1) is 31.5. The Morgan fingerprint density at radius 2 is 1.07 bits per heavy atom. The Hall–Kier alpha value is -2.45. The fraction of sp³-hybridized carbons (Fsp3) is 0.727. The van der Waals surface area contributed by atoms with Gasteiger partial charge in [0.1, 0.15) is 0 Å². The van der Waals surface area contributed by atoms with Gasteiger partial charge in [-0.3, -0.25) is 10.9 Å². The number of nitrogens with zero attached hydrogens (tertiary/aromatic N) is 5. The first-order valence-electron chi connectivity index (χ1n) is 16.1. The maximum Gasteiger partial charge on any atom is 0.244 e. The molecule has 228 valence electrons. The van der Waals surface area contributed by atoms with Crippen LogP contribution in [0.4, 0.5) is 23.5 Å². The van der Waals surface area contributed by atoms with Crippen LogP contribution in [0.25, 0.3) is 0 Å². The molecule has 0 spiro atoms. The van der Waals surface area contributed by atoms with E-state index in [1.807, 2.05) is 30.3 Å². The molecule has 1 aromatic heterocycles. The third-order valence-electron chi connectivity index (χ3n) is 11.5. The molecule has 0 aliphatic carbocycles. The number of hydrazine groups is 2. The summed E-state index contributed by atoms with van der Waals surface area (Å²) in [6, 6.07) is 10.1. The largest absolute Gasteiger partial charge is 0.324 e. The minimum absolute atomic E-state index is 0.00557. The molecule has 8 heteroatoms. The second-order valence-electron chi connectivity index (χ2n) is 13.7. The lowest BCUT2D eigenvalue weighted by molar-refractivity contribution is -0.0647. The molecule has 0 radical (unpaired) electrons. The fourth-order valence-electron chi connectivity index (χ4n) is 7.17. The molecule has 2 aliphatic rings. The molecule has 6 atom stereocenters. The van der Waals surface area contributed by atoms with Crippen molar-refractivity contribution in [3.05, 3.63) is 30.3 Å². The Morgan fingerprint density at radius 1 is 0.659 bits per heavy atom. The highest BCUT2D eigenvalue weighted by molar-refractivity contribution is 5.55. The van der Waals surface area contributed by atoms with Gasteiger partial charge in [0.25, 0.3) is 0 Å². The van der Waals surface area contributed by atoms with Crippen molar-refractivity contribution < 1.29 is 0 Å². The van der Waals surface area contributed by atoms with E-state index in [1.54, 1.807) is 0 Å². The molecule has 3 heterocycles. The number of rotatable bonds is 10. The van der Waals surface area contributed by atoms with Gasteiger partial charge < -0.3 is 5.32 Å². The van der Waals surface area contributed by atoms with Crippen LogP contribution in [-0.2, 0) is 0 Å². The molecule has 2 saturated heterocycles. The SMILES string of the molecule is CCC1(C)CCC(C)C(C)(CC)N1Nc1nc(Nc2ccccc2)nc(NN2C(C)(CC)CCC(C)C2(C)CC)n1. The summed E-state index contributed by atoms with van der Waals surface area (Å²) in [4.78, 5) is 14.9. The lowest BCUT2D eigenvalue weighted by Crippen LogP contribution is -2.66. The van der Waals surface area contributed by atoms with E-state index >= 15 is 0 Å². The van der Waals surface area contributed by atoms with Crippen LogP contribution in [0, 0.1) is 11.8 Å². The number of anilines is 4. The van der Waals surface area contributed by atoms with Crippen LogP contribution >= 0.6 is 0 Å². The van der Waals surface area contributed by atoms with Crippen molar-refractivity contribution in [2.45, 2.75) is 143 Å². The smallest absolute Gasteiger partial charge is 0.244 e. The average Bonchev–Trinajstić information content (AvgIpc) is 2.98. The van der Waals surface area contributed by atoms with Crippen LogP contribution in [0.5, 0.6) is 0 Å².